The molecule has 4 heteroatoms. The van der Waals surface area contributed by atoms with Crippen molar-refractivity contribution in [3.8, 4) is 6.07 Å². The summed E-state index contributed by atoms with van der Waals surface area (Å²) < 4.78 is 0. The molecule has 0 radical (unpaired) electrons. The topological polar surface area (TPSA) is 50.5 Å². The molecule has 21 heavy (non-hydrogen) atoms. The van der Waals surface area contributed by atoms with Crippen LogP contribution in [0.1, 0.15) is 31.4 Å². The van der Waals surface area contributed by atoms with E-state index in [1.165, 1.54) is 5.56 Å². The molecule has 114 valence electrons. The van der Waals surface area contributed by atoms with E-state index in [0.29, 0.717) is 5.56 Å². The predicted octanol–water partition coefficient (Wildman–Crippen LogP) is 1.84. The molecular weight excluding hydrogens is 262 g/mol. The number of aliphatic hydroxyl groups is 1. The Kier molecular flexibility index (Phi) is 5.35. The summed E-state index contributed by atoms with van der Waals surface area (Å²) in [4.78, 5) is 4.80. The number of hydrogen-bond acceptors (Lipinski definition) is 4. The van der Waals surface area contributed by atoms with E-state index < -0.39 is 5.60 Å². The zero-order valence-corrected chi connectivity index (χ0v) is 13.0. The summed E-state index contributed by atoms with van der Waals surface area (Å²) in [5.74, 6) is 0. The maximum Gasteiger partial charge on any atom is 0.0991 e. The highest BCUT2D eigenvalue weighted by molar-refractivity contribution is 5.31. The zero-order chi connectivity index (χ0) is 15.3. The van der Waals surface area contributed by atoms with Crippen LogP contribution in [0.15, 0.2) is 24.3 Å². The van der Waals surface area contributed by atoms with E-state index in [2.05, 4.69) is 15.9 Å². The summed E-state index contributed by atoms with van der Waals surface area (Å²) in [5.41, 5.74) is 1.35. The van der Waals surface area contributed by atoms with Crippen LogP contribution in [0.2, 0.25) is 0 Å². The van der Waals surface area contributed by atoms with Crippen LogP contribution in [-0.4, -0.2) is 53.2 Å². The van der Waals surface area contributed by atoms with Gasteiger partial charge in [0.05, 0.1) is 17.2 Å². The molecule has 1 fully saturated rings. The number of nitriles is 1. The lowest BCUT2D eigenvalue weighted by atomic mass is 10.1. The van der Waals surface area contributed by atoms with E-state index in [0.717, 1.165) is 45.7 Å². The first-order valence-electron chi connectivity index (χ1n) is 7.62. The van der Waals surface area contributed by atoms with Gasteiger partial charge in [0.1, 0.15) is 0 Å². The van der Waals surface area contributed by atoms with Gasteiger partial charge in [0.15, 0.2) is 0 Å². The second-order valence-corrected chi connectivity index (χ2v) is 6.53. The third-order valence-corrected chi connectivity index (χ3v) is 3.78. The van der Waals surface area contributed by atoms with Crippen LogP contribution < -0.4 is 0 Å². The molecule has 0 saturated carbocycles. The van der Waals surface area contributed by atoms with Gasteiger partial charge in [0.25, 0.3) is 0 Å². The Morgan fingerprint density at radius 2 is 1.71 bits per heavy atom. The van der Waals surface area contributed by atoms with Crippen LogP contribution in [0.25, 0.3) is 0 Å². The van der Waals surface area contributed by atoms with Gasteiger partial charge in [-0.15, -0.1) is 0 Å². The Morgan fingerprint density at radius 3 is 2.33 bits per heavy atom. The second kappa shape index (κ2) is 7.04. The maximum absolute atomic E-state index is 9.93. The molecule has 0 unspecified atom stereocenters. The van der Waals surface area contributed by atoms with Crippen LogP contribution in [0.5, 0.6) is 0 Å². The molecule has 1 aromatic rings. The molecule has 1 saturated heterocycles. The van der Waals surface area contributed by atoms with Gasteiger partial charge < -0.3 is 5.11 Å². The highest BCUT2D eigenvalue weighted by Gasteiger charge is 2.21. The average molecular weight is 287 g/mol. The Bertz CT molecular complexity index is 484. The van der Waals surface area contributed by atoms with Crippen LogP contribution in [0.3, 0.4) is 0 Å². The van der Waals surface area contributed by atoms with Crippen molar-refractivity contribution in [3.05, 3.63) is 35.4 Å². The van der Waals surface area contributed by atoms with Gasteiger partial charge in [-0.3, -0.25) is 9.80 Å². The zero-order valence-electron chi connectivity index (χ0n) is 13.0. The normalized spacial score (nSPS) is 18.2. The molecule has 1 aliphatic heterocycles. The minimum absolute atomic E-state index is 0.623. The molecule has 1 heterocycles. The lowest BCUT2D eigenvalue weighted by Crippen LogP contribution is -2.40. The fraction of sp³-hybridized carbons (Fsp3) is 0.588. The number of nitrogens with zero attached hydrogens (tertiary/aromatic N) is 3. The van der Waals surface area contributed by atoms with Crippen LogP contribution in [0, 0.1) is 11.3 Å². The van der Waals surface area contributed by atoms with Gasteiger partial charge in [-0.1, -0.05) is 12.1 Å². The van der Waals surface area contributed by atoms with Crippen LogP contribution >= 0.6 is 0 Å². The summed E-state index contributed by atoms with van der Waals surface area (Å²) in [6.45, 7) is 9.56. The first kappa shape index (κ1) is 16.0. The molecule has 4 nitrogen and oxygen atoms in total. The minimum Gasteiger partial charge on any atom is -0.389 e. The summed E-state index contributed by atoms with van der Waals surface area (Å²) in [6.07, 6.45) is 1.13. The van der Waals surface area contributed by atoms with Crippen molar-refractivity contribution in [2.24, 2.45) is 0 Å². The van der Waals surface area contributed by atoms with Crippen molar-refractivity contribution in [3.63, 3.8) is 0 Å². The molecule has 0 spiro atoms. The first-order chi connectivity index (χ1) is 9.96. The summed E-state index contributed by atoms with van der Waals surface area (Å²) in [6, 6.07) is 10.00. The third kappa shape index (κ3) is 5.47. The van der Waals surface area contributed by atoms with Gasteiger partial charge in [0.2, 0.25) is 0 Å². The van der Waals surface area contributed by atoms with Gasteiger partial charge in [-0.05, 0) is 51.1 Å². The molecule has 1 N–H and O–H groups in total. The molecular formula is C17H25N3O. The third-order valence-electron chi connectivity index (χ3n) is 3.78. The molecule has 0 bridgehead atoms. The smallest absolute Gasteiger partial charge is 0.0991 e. The van der Waals surface area contributed by atoms with Crippen molar-refractivity contribution in [1.29, 1.82) is 5.26 Å². The molecule has 0 aliphatic carbocycles. The van der Waals surface area contributed by atoms with Gasteiger partial charge in [-0.2, -0.15) is 5.26 Å². The number of hydrogen-bond donors (Lipinski definition) is 1. The quantitative estimate of drug-likeness (QED) is 0.918. The van der Waals surface area contributed by atoms with Crippen molar-refractivity contribution >= 4 is 0 Å². The first-order valence-corrected chi connectivity index (χ1v) is 7.62. The molecule has 0 aromatic heterocycles. The van der Waals surface area contributed by atoms with E-state index in [1.807, 2.05) is 38.1 Å². The van der Waals surface area contributed by atoms with Crippen molar-refractivity contribution in [2.45, 2.75) is 32.4 Å². The van der Waals surface area contributed by atoms with Crippen LogP contribution in [0.4, 0.5) is 0 Å². The Balaban J connectivity index is 1.86. The van der Waals surface area contributed by atoms with Gasteiger partial charge >= 0.3 is 0 Å². The lowest BCUT2D eigenvalue weighted by molar-refractivity contribution is 0.0374. The fourth-order valence-electron chi connectivity index (χ4n) is 2.83. The SMILES string of the molecule is CC(C)(O)CN1CCCN(Cc2ccc(C#N)cc2)CC1. The highest BCUT2D eigenvalue weighted by Crippen LogP contribution is 2.12. The molecule has 2 rings (SSSR count). The van der Waals surface area contributed by atoms with Crippen molar-refractivity contribution < 1.29 is 5.11 Å². The van der Waals surface area contributed by atoms with E-state index in [1.54, 1.807) is 0 Å². The largest absolute Gasteiger partial charge is 0.389 e. The Labute approximate surface area is 127 Å². The number of β-amino-alcohol motifs (C(OH)–C–C–N with tert-alkyl or cyclic N) is 1. The van der Waals surface area contributed by atoms with E-state index in [9.17, 15) is 5.11 Å². The van der Waals surface area contributed by atoms with E-state index >= 15 is 0 Å². The lowest BCUT2D eigenvalue weighted by Gasteiger charge is -2.27. The average Bonchev–Trinajstić information content (AvgIpc) is 2.63. The molecule has 1 aliphatic rings. The van der Waals surface area contributed by atoms with E-state index in [4.69, 9.17) is 5.26 Å². The highest BCUT2D eigenvalue weighted by atomic mass is 16.3. The standard InChI is InChI=1S/C17H25N3O/c1-17(2,21)14-20-9-3-8-19(10-11-20)13-16-6-4-15(12-18)5-7-16/h4-7,21H,3,8-11,13-14H2,1-2H3. The predicted molar refractivity (Wildman–Crippen MR) is 83.8 cm³/mol. The van der Waals surface area contributed by atoms with Gasteiger partial charge in [-0.25, -0.2) is 0 Å². The monoisotopic (exact) mass is 287 g/mol. The fourth-order valence-corrected chi connectivity index (χ4v) is 2.83. The number of benzene rings is 1. The Hall–Kier alpha value is -1.41. The molecule has 0 amide bonds. The summed E-state index contributed by atoms with van der Waals surface area (Å²) in [5, 5.41) is 18.8. The van der Waals surface area contributed by atoms with Crippen molar-refractivity contribution in [2.75, 3.05) is 32.7 Å². The molecule has 0 atom stereocenters. The maximum atomic E-state index is 9.93. The number of rotatable bonds is 4. The summed E-state index contributed by atoms with van der Waals surface area (Å²) in [7, 11) is 0. The minimum atomic E-state index is -0.623. The van der Waals surface area contributed by atoms with E-state index in [-0.39, 0.29) is 0 Å². The second-order valence-electron chi connectivity index (χ2n) is 6.53. The van der Waals surface area contributed by atoms with Gasteiger partial charge in [0, 0.05) is 26.2 Å². The van der Waals surface area contributed by atoms with Crippen molar-refractivity contribution in [1.82, 2.24) is 9.80 Å². The molecule has 1 aromatic carbocycles. The summed E-state index contributed by atoms with van der Waals surface area (Å²) >= 11 is 0. The van der Waals surface area contributed by atoms with Crippen LogP contribution in [-0.2, 0) is 6.54 Å². The Morgan fingerprint density at radius 1 is 1.10 bits per heavy atom.